The molecular weight excluding hydrogens is 244 g/mol. The highest BCUT2D eigenvalue weighted by molar-refractivity contribution is 9.09. The minimum Gasteiger partial charge on any atom is -0.298 e. The first-order valence-electron chi connectivity index (χ1n) is 4.29. The largest absolute Gasteiger partial charge is 0.298 e. The fraction of sp³-hybridized carbons (Fsp3) is 0.273. The van der Waals surface area contributed by atoms with Crippen LogP contribution in [0.5, 0.6) is 0 Å². The van der Waals surface area contributed by atoms with E-state index in [1.54, 1.807) is 6.07 Å². The lowest BCUT2D eigenvalue weighted by atomic mass is 10.0. The van der Waals surface area contributed by atoms with Crippen LogP contribution in [0.1, 0.15) is 21.5 Å². The standard InChI is InChI=1S/C11H11BrO2/c1-8-2-3-9(4-10(8)7-13)5-11(14)6-12/h2-4,7H,5-6H2,1H3. The van der Waals surface area contributed by atoms with Crippen molar-refractivity contribution >= 4 is 28.0 Å². The average Bonchev–Trinajstić information content (AvgIpc) is 2.20. The van der Waals surface area contributed by atoms with Crippen LogP contribution in [-0.4, -0.2) is 17.4 Å². The monoisotopic (exact) mass is 254 g/mol. The highest BCUT2D eigenvalue weighted by atomic mass is 79.9. The van der Waals surface area contributed by atoms with Crippen molar-refractivity contribution in [2.75, 3.05) is 5.33 Å². The maximum atomic E-state index is 11.1. The third kappa shape index (κ3) is 2.77. The normalized spacial score (nSPS) is 9.86. The fourth-order valence-corrected chi connectivity index (χ4v) is 1.40. The number of carbonyl (C=O) groups is 2. The first kappa shape index (κ1) is 11.1. The Morgan fingerprint density at radius 3 is 2.79 bits per heavy atom. The van der Waals surface area contributed by atoms with Crippen LogP contribution in [0.2, 0.25) is 0 Å². The molecule has 0 aliphatic rings. The summed E-state index contributed by atoms with van der Waals surface area (Å²) in [6.07, 6.45) is 1.20. The summed E-state index contributed by atoms with van der Waals surface area (Å²) < 4.78 is 0. The first-order chi connectivity index (χ1) is 6.67. The number of aryl methyl sites for hydroxylation is 1. The predicted octanol–water partition coefficient (Wildman–Crippen LogP) is 2.31. The van der Waals surface area contributed by atoms with Gasteiger partial charge in [0.2, 0.25) is 0 Å². The van der Waals surface area contributed by atoms with E-state index in [0.717, 1.165) is 17.4 Å². The smallest absolute Gasteiger partial charge is 0.150 e. The van der Waals surface area contributed by atoms with E-state index in [2.05, 4.69) is 15.9 Å². The molecule has 3 heteroatoms. The molecule has 0 fully saturated rings. The van der Waals surface area contributed by atoms with E-state index in [0.29, 0.717) is 17.3 Å². The lowest BCUT2D eigenvalue weighted by molar-refractivity contribution is -0.115. The number of Topliss-reactive ketones (excluding diaryl/α,β-unsaturated/α-hetero) is 1. The number of hydrogen-bond acceptors (Lipinski definition) is 2. The van der Waals surface area contributed by atoms with Crippen molar-refractivity contribution in [1.29, 1.82) is 0 Å². The number of aldehydes is 1. The minimum atomic E-state index is 0.116. The molecule has 0 atom stereocenters. The summed E-state index contributed by atoms with van der Waals surface area (Å²) in [6.45, 7) is 1.87. The van der Waals surface area contributed by atoms with E-state index in [4.69, 9.17) is 0 Å². The van der Waals surface area contributed by atoms with Gasteiger partial charge in [0.25, 0.3) is 0 Å². The summed E-state index contributed by atoms with van der Waals surface area (Å²) in [5, 5.41) is 0.358. The van der Waals surface area contributed by atoms with Crippen LogP contribution in [0.4, 0.5) is 0 Å². The van der Waals surface area contributed by atoms with Crippen LogP contribution in [0, 0.1) is 6.92 Å². The molecule has 1 rings (SSSR count). The number of rotatable bonds is 4. The molecule has 1 aromatic rings. The number of benzene rings is 1. The summed E-state index contributed by atoms with van der Waals surface area (Å²) in [7, 11) is 0. The van der Waals surface area contributed by atoms with Gasteiger partial charge in [-0.25, -0.2) is 0 Å². The lowest BCUT2D eigenvalue weighted by Gasteiger charge is -2.02. The van der Waals surface area contributed by atoms with Gasteiger partial charge in [-0.2, -0.15) is 0 Å². The van der Waals surface area contributed by atoms with Crippen LogP contribution in [-0.2, 0) is 11.2 Å². The van der Waals surface area contributed by atoms with Crippen LogP contribution in [0.25, 0.3) is 0 Å². The molecule has 0 saturated carbocycles. The molecule has 74 valence electrons. The molecule has 0 saturated heterocycles. The number of halogens is 1. The molecule has 0 spiro atoms. The Kier molecular flexibility index (Phi) is 4.01. The van der Waals surface area contributed by atoms with Gasteiger partial charge in [0.1, 0.15) is 12.1 Å². The van der Waals surface area contributed by atoms with Gasteiger partial charge in [0.15, 0.2) is 0 Å². The van der Waals surface area contributed by atoms with Crippen molar-refractivity contribution < 1.29 is 9.59 Å². The number of hydrogen-bond donors (Lipinski definition) is 0. The zero-order valence-corrected chi connectivity index (χ0v) is 9.50. The van der Waals surface area contributed by atoms with Crippen molar-refractivity contribution in [2.24, 2.45) is 0 Å². The Morgan fingerprint density at radius 2 is 2.21 bits per heavy atom. The zero-order chi connectivity index (χ0) is 10.6. The number of carbonyl (C=O) groups excluding carboxylic acids is 2. The molecule has 0 unspecified atom stereocenters. The molecule has 0 radical (unpaired) electrons. The molecule has 0 amide bonds. The molecule has 14 heavy (non-hydrogen) atoms. The Labute approximate surface area is 91.4 Å². The number of ketones is 1. The van der Waals surface area contributed by atoms with Crippen LogP contribution in [0.3, 0.4) is 0 Å². The van der Waals surface area contributed by atoms with E-state index in [1.807, 2.05) is 19.1 Å². The molecule has 0 aliphatic heterocycles. The Balaban J connectivity index is 2.89. The summed E-state index contributed by atoms with van der Waals surface area (Å²) in [4.78, 5) is 21.8. The van der Waals surface area contributed by atoms with E-state index >= 15 is 0 Å². The Morgan fingerprint density at radius 1 is 1.50 bits per heavy atom. The Hall–Kier alpha value is -0.960. The van der Waals surface area contributed by atoms with Gasteiger partial charge in [-0.3, -0.25) is 9.59 Å². The lowest BCUT2D eigenvalue weighted by Crippen LogP contribution is -2.04. The van der Waals surface area contributed by atoms with E-state index in [1.165, 1.54) is 0 Å². The second-order valence-corrected chi connectivity index (χ2v) is 3.72. The maximum Gasteiger partial charge on any atom is 0.150 e. The summed E-state index contributed by atoms with van der Waals surface area (Å²) >= 11 is 3.10. The minimum absolute atomic E-state index is 0.116. The topological polar surface area (TPSA) is 34.1 Å². The second-order valence-electron chi connectivity index (χ2n) is 3.16. The first-order valence-corrected chi connectivity index (χ1v) is 5.42. The SMILES string of the molecule is Cc1ccc(CC(=O)CBr)cc1C=O. The molecule has 2 nitrogen and oxygen atoms in total. The maximum absolute atomic E-state index is 11.1. The molecule has 0 bridgehead atoms. The van der Waals surface area contributed by atoms with Gasteiger partial charge in [0.05, 0.1) is 5.33 Å². The van der Waals surface area contributed by atoms with Gasteiger partial charge < -0.3 is 0 Å². The van der Waals surface area contributed by atoms with Crippen molar-refractivity contribution in [2.45, 2.75) is 13.3 Å². The second kappa shape index (κ2) is 5.05. The van der Waals surface area contributed by atoms with Crippen molar-refractivity contribution in [3.8, 4) is 0 Å². The molecular formula is C11H11BrO2. The highest BCUT2D eigenvalue weighted by Gasteiger charge is 2.03. The van der Waals surface area contributed by atoms with E-state index < -0.39 is 0 Å². The fourth-order valence-electron chi connectivity index (χ4n) is 1.20. The van der Waals surface area contributed by atoms with Crippen LogP contribution >= 0.6 is 15.9 Å². The van der Waals surface area contributed by atoms with Gasteiger partial charge >= 0.3 is 0 Å². The highest BCUT2D eigenvalue weighted by Crippen LogP contribution is 2.10. The van der Waals surface area contributed by atoms with Gasteiger partial charge in [-0.1, -0.05) is 28.1 Å². The van der Waals surface area contributed by atoms with Crippen LogP contribution < -0.4 is 0 Å². The quantitative estimate of drug-likeness (QED) is 0.611. The van der Waals surface area contributed by atoms with E-state index in [-0.39, 0.29) is 5.78 Å². The molecule has 0 heterocycles. The molecule has 0 aromatic heterocycles. The summed E-state index contributed by atoms with van der Waals surface area (Å²) in [6, 6.07) is 5.51. The number of alkyl halides is 1. The van der Waals surface area contributed by atoms with E-state index in [9.17, 15) is 9.59 Å². The summed E-state index contributed by atoms with van der Waals surface area (Å²) in [5.74, 6) is 0.116. The van der Waals surface area contributed by atoms with Gasteiger partial charge in [-0.05, 0) is 24.1 Å². The molecule has 0 N–H and O–H groups in total. The molecule has 0 aliphatic carbocycles. The van der Waals surface area contributed by atoms with Crippen LogP contribution in [0.15, 0.2) is 18.2 Å². The summed E-state index contributed by atoms with van der Waals surface area (Å²) in [5.41, 5.74) is 2.49. The third-order valence-corrected chi connectivity index (χ3v) is 2.65. The van der Waals surface area contributed by atoms with Gasteiger partial charge in [-0.15, -0.1) is 0 Å². The van der Waals surface area contributed by atoms with Crippen molar-refractivity contribution in [1.82, 2.24) is 0 Å². The molecule has 1 aromatic carbocycles. The van der Waals surface area contributed by atoms with Gasteiger partial charge in [0, 0.05) is 12.0 Å². The average molecular weight is 255 g/mol. The predicted molar refractivity (Wildman–Crippen MR) is 59.1 cm³/mol. The zero-order valence-electron chi connectivity index (χ0n) is 7.92. The van der Waals surface area contributed by atoms with Crippen molar-refractivity contribution in [3.05, 3.63) is 34.9 Å². The Bertz CT molecular complexity index is 358. The third-order valence-electron chi connectivity index (χ3n) is 2.02. The van der Waals surface area contributed by atoms with Crippen molar-refractivity contribution in [3.63, 3.8) is 0 Å².